The largest absolute Gasteiger partial charge is 0.439 e. The van der Waals surface area contributed by atoms with Gasteiger partial charge in [0.15, 0.2) is 0 Å². The van der Waals surface area contributed by atoms with Gasteiger partial charge in [-0.1, -0.05) is 48.0 Å². The predicted octanol–water partition coefficient (Wildman–Crippen LogP) is 4.65. The molecule has 146 valence electrons. The highest BCUT2D eigenvalue weighted by Gasteiger charge is 2.18. The van der Waals surface area contributed by atoms with Gasteiger partial charge in [0.25, 0.3) is 5.91 Å². The summed E-state index contributed by atoms with van der Waals surface area (Å²) >= 11 is 6.15. The van der Waals surface area contributed by atoms with Crippen LogP contribution in [0.4, 0.5) is 0 Å². The minimum atomic E-state index is -0.283. The van der Waals surface area contributed by atoms with Crippen LogP contribution in [-0.2, 0) is 13.6 Å². The molecule has 4 aromatic rings. The summed E-state index contributed by atoms with van der Waals surface area (Å²) in [6.07, 6.45) is 1.67. The summed E-state index contributed by atoms with van der Waals surface area (Å²) in [6, 6.07) is 17.6. The molecule has 0 aliphatic rings. The van der Waals surface area contributed by atoms with E-state index in [0.717, 1.165) is 22.1 Å². The van der Waals surface area contributed by atoms with Crippen LogP contribution in [0, 0.1) is 6.92 Å². The molecule has 1 amide bonds. The van der Waals surface area contributed by atoms with Gasteiger partial charge in [0.05, 0.1) is 10.7 Å². The Labute approximate surface area is 173 Å². The summed E-state index contributed by atoms with van der Waals surface area (Å²) in [5.74, 6) is 0.925. The van der Waals surface area contributed by atoms with E-state index in [0.29, 0.717) is 28.8 Å². The van der Waals surface area contributed by atoms with Crippen LogP contribution in [0.5, 0.6) is 11.6 Å². The van der Waals surface area contributed by atoms with E-state index in [2.05, 4.69) is 21.5 Å². The van der Waals surface area contributed by atoms with Gasteiger partial charge in [0.2, 0.25) is 5.88 Å². The van der Waals surface area contributed by atoms with E-state index in [-0.39, 0.29) is 5.91 Å². The number of hydrogen-bond donors (Lipinski definition) is 1. The number of nitrogens with zero attached hydrogens (tertiary/aromatic N) is 3. The number of rotatable bonds is 5. The molecule has 0 radical (unpaired) electrons. The van der Waals surface area contributed by atoms with E-state index in [1.807, 2.05) is 42.5 Å². The van der Waals surface area contributed by atoms with Crippen LogP contribution in [0.15, 0.2) is 60.8 Å². The molecule has 0 aliphatic carbocycles. The highest BCUT2D eigenvalue weighted by atomic mass is 35.5. The van der Waals surface area contributed by atoms with Crippen LogP contribution in [0.25, 0.3) is 10.8 Å². The smallest absolute Gasteiger partial charge is 0.271 e. The lowest BCUT2D eigenvalue weighted by molar-refractivity contribution is 0.0941. The quantitative estimate of drug-likeness (QED) is 0.523. The van der Waals surface area contributed by atoms with Crippen molar-refractivity contribution < 1.29 is 9.53 Å². The van der Waals surface area contributed by atoms with Gasteiger partial charge >= 0.3 is 0 Å². The summed E-state index contributed by atoms with van der Waals surface area (Å²) in [7, 11) is 1.69. The van der Waals surface area contributed by atoms with Gasteiger partial charge in [-0.15, -0.1) is 0 Å². The van der Waals surface area contributed by atoms with Crippen molar-refractivity contribution in [3.05, 3.63) is 82.8 Å². The Morgan fingerprint density at radius 1 is 1.14 bits per heavy atom. The SMILES string of the molecule is Cc1nn(C)c(C(=O)NCc2ccc(Oc3ccc4ccccc4c3)nc2)c1Cl. The average molecular weight is 407 g/mol. The van der Waals surface area contributed by atoms with E-state index in [4.69, 9.17) is 16.3 Å². The fraction of sp³-hybridized carbons (Fsp3) is 0.136. The number of aromatic nitrogens is 3. The maximum absolute atomic E-state index is 12.4. The molecule has 6 nitrogen and oxygen atoms in total. The first kappa shape index (κ1) is 19.0. The molecular formula is C22H19ClN4O2. The molecule has 0 spiro atoms. The second kappa shape index (κ2) is 7.93. The van der Waals surface area contributed by atoms with Crippen molar-refractivity contribution in [3.8, 4) is 11.6 Å². The Bertz CT molecular complexity index is 1190. The number of aryl methyl sites for hydroxylation is 2. The first-order valence-corrected chi connectivity index (χ1v) is 9.48. The zero-order valence-corrected chi connectivity index (χ0v) is 16.8. The molecule has 0 atom stereocenters. The van der Waals surface area contributed by atoms with Crippen molar-refractivity contribution in [2.75, 3.05) is 0 Å². The molecule has 0 fully saturated rings. The third-order valence-corrected chi connectivity index (χ3v) is 5.01. The van der Waals surface area contributed by atoms with Gasteiger partial charge in [-0.2, -0.15) is 5.10 Å². The van der Waals surface area contributed by atoms with Crippen molar-refractivity contribution in [1.29, 1.82) is 0 Å². The molecule has 0 bridgehead atoms. The van der Waals surface area contributed by atoms with E-state index in [1.54, 1.807) is 26.2 Å². The van der Waals surface area contributed by atoms with Crippen LogP contribution in [0.2, 0.25) is 5.02 Å². The molecule has 1 N–H and O–H groups in total. The monoisotopic (exact) mass is 406 g/mol. The van der Waals surface area contributed by atoms with Gasteiger partial charge in [-0.25, -0.2) is 4.98 Å². The number of pyridine rings is 1. The average Bonchev–Trinajstić information content (AvgIpc) is 2.98. The van der Waals surface area contributed by atoms with Crippen LogP contribution < -0.4 is 10.1 Å². The molecule has 7 heteroatoms. The zero-order valence-electron chi connectivity index (χ0n) is 16.0. The number of benzene rings is 2. The van der Waals surface area contributed by atoms with Crippen molar-refractivity contribution >= 4 is 28.3 Å². The lowest BCUT2D eigenvalue weighted by Crippen LogP contribution is -2.25. The van der Waals surface area contributed by atoms with Gasteiger partial charge < -0.3 is 10.1 Å². The second-order valence-electron chi connectivity index (χ2n) is 6.67. The lowest BCUT2D eigenvalue weighted by atomic mass is 10.1. The topological polar surface area (TPSA) is 69.0 Å². The standard InChI is InChI=1S/C22H19ClN4O2/c1-14-20(23)21(27(2)26-14)22(28)25-13-15-7-10-19(24-12-15)29-18-9-8-16-5-3-4-6-17(16)11-18/h3-12H,13H2,1-2H3,(H,25,28). The van der Waals surface area contributed by atoms with E-state index in [9.17, 15) is 4.79 Å². The Kier molecular flexibility index (Phi) is 5.18. The maximum atomic E-state index is 12.4. The number of carbonyl (C=O) groups is 1. The number of halogens is 1. The molecule has 0 saturated heterocycles. The van der Waals surface area contributed by atoms with Gasteiger partial charge in [0, 0.05) is 25.9 Å². The number of hydrogen-bond acceptors (Lipinski definition) is 4. The van der Waals surface area contributed by atoms with Gasteiger partial charge in [-0.05, 0) is 35.4 Å². The van der Waals surface area contributed by atoms with Gasteiger partial charge in [0.1, 0.15) is 11.4 Å². The highest BCUT2D eigenvalue weighted by Crippen LogP contribution is 2.24. The Morgan fingerprint density at radius 3 is 2.62 bits per heavy atom. The first-order valence-electron chi connectivity index (χ1n) is 9.10. The fourth-order valence-corrected chi connectivity index (χ4v) is 3.32. The van der Waals surface area contributed by atoms with Crippen LogP contribution in [0.3, 0.4) is 0 Å². The Balaban J connectivity index is 1.40. The van der Waals surface area contributed by atoms with Crippen LogP contribution in [0.1, 0.15) is 21.7 Å². The normalized spacial score (nSPS) is 10.9. The Morgan fingerprint density at radius 2 is 1.93 bits per heavy atom. The number of amides is 1. The Hall–Kier alpha value is -3.38. The van der Waals surface area contributed by atoms with Crippen molar-refractivity contribution in [1.82, 2.24) is 20.1 Å². The number of carbonyl (C=O) groups excluding carboxylic acids is 1. The summed E-state index contributed by atoms with van der Waals surface area (Å²) in [5, 5.41) is 9.61. The molecule has 0 unspecified atom stereocenters. The third-order valence-electron chi connectivity index (χ3n) is 4.56. The molecule has 29 heavy (non-hydrogen) atoms. The summed E-state index contributed by atoms with van der Waals surface area (Å²) in [6.45, 7) is 2.08. The lowest BCUT2D eigenvalue weighted by Gasteiger charge is -2.08. The molecule has 4 rings (SSSR count). The first-order chi connectivity index (χ1) is 14.0. The second-order valence-corrected chi connectivity index (χ2v) is 7.05. The van der Waals surface area contributed by atoms with Crippen molar-refractivity contribution in [2.24, 2.45) is 7.05 Å². The zero-order chi connectivity index (χ0) is 20.4. The van der Waals surface area contributed by atoms with Crippen LogP contribution in [-0.4, -0.2) is 20.7 Å². The van der Waals surface area contributed by atoms with Crippen molar-refractivity contribution in [3.63, 3.8) is 0 Å². The number of nitrogens with one attached hydrogen (secondary N) is 1. The summed E-state index contributed by atoms with van der Waals surface area (Å²) in [5.41, 5.74) is 1.81. The third kappa shape index (κ3) is 4.07. The minimum Gasteiger partial charge on any atom is -0.439 e. The van der Waals surface area contributed by atoms with Crippen LogP contribution >= 0.6 is 11.6 Å². The number of fused-ring (bicyclic) bond motifs is 1. The molecule has 2 aromatic heterocycles. The van der Waals surface area contributed by atoms with Gasteiger partial charge in [-0.3, -0.25) is 9.48 Å². The molecular weight excluding hydrogens is 388 g/mol. The summed E-state index contributed by atoms with van der Waals surface area (Å²) in [4.78, 5) is 16.7. The number of ether oxygens (including phenoxy) is 1. The minimum absolute atomic E-state index is 0.283. The highest BCUT2D eigenvalue weighted by molar-refractivity contribution is 6.34. The maximum Gasteiger partial charge on any atom is 0.271 e. The van der Waals surface area contributed by atoms with E-state index >= 15 is 0 Å². The van der Waals surface area contributed by atoms with E-state index in [1.165, 1.54) is 4.68 Å². The predicted molar refractivity (Wildman–Crippen MR) is 112 cm³/mol. The molecule has 2 aromatic carbocycles. The van der Waals surface area contributed by atoms with Crippen molar-refractivity contribution in [2.45, 2.75) is 13.5 Å². The molecule has 2 heterocycles. The molecule has 0 aliphatic heterocycles. The van der Waals surface area contributed by atoms with E-state index < -0.39 is 0 Å². The fourth-order valence-electron chi connectivity index (χ4n) is 3.07. The molecule has 0 saturated carbocycles. The summed E-state index contributed by atoms with van der Waals surface area (Å²) < 4.78 is 7.32.